The predicted molar refractivity (Wildman–Crippen MR) is 85.9 cm³/mol. The largest absolute Gasteiger partial charge is 0.366 e. The van der Waals surface area contributed by atoms with Gasteiger partial charge in [0.1, 0.15) is 0 Å². The molecule has 22 heavy (non-hydrogen) atoms. The minimum Gasteiger partial charge on any atom is -0.366 e. The normalized spacial score (nSPS) is 10.6. The van der Waals surface area contributed by atoms with E-state index in [0.29, 0.717) is 11.3 Å². The fourth-order valence-electron chi connectivity index (χ4n) is 2.56. The number of rotatable bonds is 3. The molecule has 0 fully saturated rings. The van der Waals surface area contributed by atoms with Crippen LogP contribution in [0.2, 0.25) is 0 Å². The molecule has 0 aliphatic heterocycles. The average Bonchev–Trinajstić information content (AvgIpc) is 2.83. The van der Waals surface area contributed by atoms with Crippen molar-refractivity contribution in [3.63, 3.8) is 0 Å². The van der Waals surface area contributed by atoms with Crippen molar-refractivity contribution >= 4 is 28.4 Å². The van der Waals surface area contributed by atoms with Crippen LogP contribution in [0.5, 0.6) is 0 Å². The Bertz CT molecular complexity index is 880. The minimum atomic E-state index is -0.577. The van der Waals surface area contributed by atoms with Gasteiger partial charge < -0.3 is 16.0 Å². The Morgan fingerprint density at radius 1 is 1.05 bits per heavy atom. The van der Waals surface area contributed by atoms with Gasteiger partial charge in [-0.15, -0.1) is 0 Å². The molecular weight excluding hydrogens is 278 g/mol. The molecule has 4 N–H and O–H groups in total. The van der Waals surface area contributed by atoms with Crippen LogP contribution in [0.15, 0.2) is 48.5 Å². The second-order valence-electron chi connectivity index (χ2n) is 5.03. The fraction of sp³-hybridized carbons (Fsp3) is 0.0588. The number of hydrogen-bond acceptors (Lipinski definition) is 2. The maximum Gasteiger partial charge on any atom is 0.258 e. The van der Waals surface area contributed by atoms with Crippen molar-refractivity contribution in [2.24, 2.45) is 5.73 Å². The van der Waals surface area contributed by atoms with Crippen molar-refractivity contribution in [1.82, 2.24) is 4.98 Å². The monoisotopic (exact) mass is 293 g/mol. The molecule has 0 bridgehead atoms. The third kappa shape index (κ3) is 2.33. The third-order valence-electron chi connectivity index (χ3n) is 3.56. The van der Waals surface area contributed by atoms with E-state index in [0.717, 1.165) is 16.6 Å². The Hall–Kier alpha value is -3.08. The molecule has 1 heterocycles. The molecule has 3 rings (SSSR count). The van der Waals surface area contributed by atoms with E-state index in [-0.39, 0.29) is 11.5 Å². The number of aryl methyl sites for hydroxylation is 1. The van der Waals surface area contributed by atoms with Crippen LogP contribution in [0.3, 0.4) is 0 Å². The molecule has 0 spiro atoms. The number of anilines is 1. The Morgan fingerprint density at radius 3 is 2.50 bits per heavy atom. The van der Waals surface area contributed by atoms with Crippen LogP contribution in [0, 0.1) is 6.92 Å². The van der Waals surface area contributed by atoms with Crippen molar-refractivity contribution in [3.05, 3.63) is 65.4 Å². The SMILES string of the molecule is Cc1[nH]c2ccccc2c1C(=O)Nc1ccccc1C(N)=O. The first kappa shape index (κ1) is 13.9. The van der Waals surface area contributed by atoms with Crippen LogP contribution in [0.25, 0.3) is 10.9 Å². The number of nitrogens with two attached hydrogens (primary N) is 1. The van der Waals surface area contributed by atoms with Gasteiger partial charge in [-0.2, -0.15) is 0 Å². The van der Waals surface area contributed by atoms with E-state index in [4.69, 9.17) is 5.73 Å². The highest BCUT2D eigenvalue weighted by Gasteiger charge is 2.17. The van der Waals surface area contributed by atoms with Crippen LogP contribution in [-0.4, -0.2) is 16.8 Å². The molecular formula is C17H15N3O2. The van der Waals surface area contributed by atoms with Crippen LogP contribution in [0.1, 0.15) is 26.4 Å². The van der Waals surface area contributed by atoms with Gasteiger partial charge in [-0.25, -0.2) is 0 Å². The van der Waals surface area contributed by atoms with Gasteiger partial charge in [0.2, 0.25) is 0 Å². The first-order valence-electron chi connectivity index (χ1n) is 6.85. The number of carbonyl (C=O) groups excluding carboxylic acids is 2. The Labute approximate surface area is 127 Å². The number of H-pyrrole nitrogens is 1. The molecule has 0 saturated heterocycles. The lowest BCUT2D eigenvalue weighted by Crippen LogP contribution is -2.18. The highest BCUT2D eigenvalue weighted by atomic mass is 16.2. The smallest absolute Gasteiger partial charge is 0.258 e. The zero-order valence-corrected chi connectivity index (χ0v) is 12.0. The van der Waals surface area contributed by atoms with Gasteiger partial charge in [0, 0.05) is 16.6 Å². The summed E-state index contributed by atoms with van der Waals surface area (Å²) < 4.78 is 0. The number of para-hydroxylation sites is 2. The van der Waals surface area contributed by atoms with Gasteiger partial charge in [0.05, 0.1) is 16.8 Å². The summed E-state index contributed by atoms with van der Waals surface area (Å²) >= 11 is 0. The van der Waals surface area contributed by atoms with E-state index >= 15 is 0 Å². The van der Waals surface area contributed by atoms with Gasteiger partial charge in [0.15, 0.2) is 0 Å². The number of carbonyl (C=O) groups is 2. The van der Waals surface area contributed by atoms with Crippen LogP contribution >= 0.6 is 0 Å². The molecule has 5 heteroatoms. The molecule has 3 aromatic rings. The van der Waals surface area contributed by atoms with Crippen LogP contribution in [0.4, 0.5) is 5.69 Å². The number of aromatic amines is 1. The molecule has 2 aromatic carbocycles. The summed E-state index contributed by atoms with van der Waals surface area (Å²) in [5.41, 5.74) is 8.26. The fourth-order valence-corrected chi connectivity index (χ4v) is 2.56. The Morgan fingerprint density at radius 2 is 1.73 bits per heavy atom. The summed E-state index contributed by atoms with van der Waals surface area (Å²) in [6, 6.07) is 14.3. The standard InChI is InChI=1S/C17H15N3O2/c1-10-15(11-6-2-4-8-13(11)19-10)17(22)20-14-9-5-3-7-12(14)16(18)21/h2-9,19H,1H3,(H2,18,21)(H,20,22). The highest BCUT2D eigenvalue weighted by molar-refractivity contribution is 6.15. The van der Waals surface area contributed by atoms with Gasteiger partial charge in [-0.1, -0.05) is 30.3 Å². The van der Waals surface area contributed by atoms with E-state index in [1.54, 1.807) is 24.3 Å². The van der Waals surface area contributed by atoms with Crippen molar-refractivity contribution in [3.8, 4) is 0 Å². The van der Waals surface area contributed by atoms with Crippen LogP contribution in [-0.2, 0) is 0 Å². The van der Waals surface area contributed by atoms with Crippen molar-refractivity contribution < 1.29 is 9.59 Å². The molecule has 0 unspecified atom stereocenters. The zero-order chi connectivity index (χ0) is 15.7. The van der Waals surface area contributed by atoms with Gasteiger partial charge in [0.25, 0.3) is 11.8 Å². The lowest BCUT2D eigenvalue weighted by molar-refractivity contribution is 0.100. The number of fused-ring (bicyclic) bond motifs is 1. The average molecular weight is 293 g/mol. The topological polar surface area (TPSA) is 88.0 Å². The second kappa shape index (κ2) is 5.37. The maximum absolute atomic E-state index is 12.6. The highest BCUT2D eigenvalue weighted by Crippen LogP contribution is 2.23. The number of nitrogens with one attached hydrogen (secondary N) is 2. The lowest BCUT2D eigenvalue weighted by atomic mass is 10.1. The molecule has 0 aliphatic carbocycles. The lowest BCUT2D eigenvalue weighted by Gasteiger charge is -2.09. The number of amides is 2. The third-order valence-corrected chi connectivity index (χ3v) is 3.56. The van der Waals surface area contributed by atoms with E-state index in [2.05, 4.69) is 10.3 Å². The van der Waals surface area contributed by atoms with Crippen molar-refractivity contribution in [2.45, 2.75) is 6.92 Å². The van der Waals surface area contributed by atoms with Gasteiger partial charge >= 0.3 is 0 Å². The molecule has 0 radical (unpaired) electrons. The summed E-state index contributed by atoms with van der Waals surface area (Å²) in [6.07, 6.45) is 0. The minimum absolute atomic E-state index is 0.274. The van der Waals surface area contributed by atoms with Gasteiger partial charge in [-0.3, -0.25) is 9.59 Å². The first-order valence-corrected chi connectivity index (χ1v) is 6.85. The summed E-state index contributed by atoms with van der Waals surface area (Å²) in [5, 5.41) is 3.61. The number of hydrogen-bond donors (Lipinski definition) is 3. The number of aromatic nitrogens is 1. The first-order chi connectivity index (χ1) is 10.6. The summed E-state index contributed by atoms with van der Waals surface area (Å²) in [5.74, 6) is -0.852. The molecule has 0 atom stereocenters. The second-order valence-corrected chi connectivity index (χ2v) is 5.03. The number of benzene rings is 2. The number of primary amides is 1. The summed E-state index contributed by atoms with van der Waals surface area (Å²) in [7, 11) is 0. The zero-order valence-electron chi connectivity index (χ0n) is 12.0. The van der Waals surface area contributed by atoms with E-state index in [1.165, 1.54) is 0 Å². The Kier molecular flexibility index (Phi) is 3.39. The Balaban J connectivity index is 2.01. The molecule has 5 nitrogen and oxygen atoms in total. The molecule has 0 saturated carbocycles. The van der Waals surface area contributed by atoms with Crippen molar-refractivity contribution in [2.75, 3.05) is 5.32 Å². The summed E-state index contributed by atoms with van der Waals surface area (Å²) in [4.78, 5) is 27.2. The molecule has 0 aliphatic rings. The summed E-state index contributed by atoms with van der Waals surface area (Å²) in [6.45, 7) is 1.84. The maximum atomic E-state index is 12.6. The molecule has 110 valence electrons. The van der Waals surface area contributed by atoms with Crippen molar-refractivity contribution in [1.29, 1.82) is 0 Å². The molecule has 1 aromatic heterocycles. The van der Waals surface area contributed by atoms with E-state index in [9.17, 15) is 9.59 Å². The van der Waals surface area contributed by atoms with Gasteiger partial charge in [-0.05, 0) is 25.1 Å². The molecule has 2 amide bonds. The predicted octanol–water partition coefficient (Wildman–Crippen LogP) is 2.83. The van der Waals surface area contributed by atoms with E-state index < -0.39 is 5.91 Å². The van der Waals surface area contributed by atoms with Crippen LogP contribution < -0.4 is 11.1 Å². The quantitative estimate of drug-likeness (QED) is 0.693. The van der Waals surface area contributed by atoms with E-state index in [1.807, 2.05) is 31.2 Å².